The van der Waals surface area contributed by atoms with E-state index in [1.165, 1.54) is 15.8 Å². The number of nitrogens with zero attached hydrogens (tertiary/aromatic N) is 3. The minimum absolute atomic E-state index is 0.178. The van der Waals surface area contributed by atoms with E-state index in [0.717, 1.165) is 41.0 Å². The molecule has 8 nitrogen and oxygen atoms in total. The van der Waals surface area contributed by atoms with Crippen LogP contribution in [0.3, 0.4) is 0 Å². The minimum Gasteiger partial charge on any atom is -0.461 e. The zero-order chi connectivity index (χ0) is 25.5. The van der Waals surface area contributed by atoms with Crippen LogP contribution in [0.4, 0.5) is 5.13 Å². The molecule has 1 aliphatic carbocycles. The van der Waals surface area contributed by atoms with Crippen LogP contribution in [0.2, 0.25) is 0 Å². The van der Waals surface area contributed by atoms with Gasteiger partial charge in [-0.25, -0.2) is 14.8 Å². The van der Waals surface area contributed by atoms with E-state index >= 15 is 0 Å². The fourth-order valence-corrected chi connectivity index (χ4v) is 6.45. The molecule has 0 radical (unpaired) electrons. The molecule has 1 unspecified atom stereocenters. The first-order valence-corrected chi connectivity index (χ1v) is 13.5. The van der Waals surface area contributed by atoms with Crippen molar-refractivity contribution in [3.05, 3.63) is 37.7 Å². The molecule has 3 aromatic heterocycles. The lowest BCUT2D eigenvalue weighted by Gasteiger charge is -2.33. The van der Waals surface area contributed by atoms with Gasteiger partial charge in [0, 0.05) is 4.88 Å². The molecule has 1 N–H and O–H groups in total. The number of nitrogens with one attached hydrogen (secondary N) is 1. The van der Waals surface area contributed by atoms with Gasteiger partial charge in [-0.2, -0.15) is 0 Å². The van der Waals surface area contributed by atoms with Crippen molar-refractivity contribution in [1.82, 2.24) is 14.5 Å². The number of thiazole rings is 1. The highest BCUT2D eigenvalue weighted by molar-refractivity contribution is 7.19. The van der Waals surface area contributed by atoms with Crippen molar-refractivity contribution in [3.8, 4) is 0 Å². The van der Waals surface area contributed by atoms with Gasteiger partial charge in [0.15, 0.2) is 5.13 Å². The summed E-state index contributed by atoms with van der Waals surface area (Å²) >= 11 is 2.67. The zero-order valence-electron chi connectivity index (χ0n) is 21.1. The van der Waals surface area contributed by atoms with Crippen molar-refractivity contribution < 1.29 is 14.3 Å². The van der Waals surface area contributed by atoms with Crippen LogP contribution < -0.4 is 10.9 Å². The summed E-state index contributed by atoms with van der Waals surface area (Å²) in [5.74, 6) is -0.0493. The highest BCUT2D eigenvalue weighted by Crippen LogP contribution is 2.41. The van der Waals surface area contributed by atoms with Crippen LogP contribution in [0.25, 0.3) is 10.2 Å². The van der Waals surface area contributed by atoms with Gasteiger partial charge in [0.2, 0.25) is 5.91 Å². The summed E-state index contributed by atoms with van der Waals surface area (Å²) in [5.41, 5.74) is 1.62. The molecule has 4 rings (SSSR count). The molecule has 0 aliphatic heterocycles. The number of carbonyl (C=O) groups is 2. The Balaban J connectivity index is 1.49. The Morgan fingerprint density at radius 1 is 1.29 bits per heavy atom. The number of anilines is 1. The van der Waals surface area contributed by atoms with Crippen LogP contribution in [0.5, 0.6) is 0 Å². The van der Waals surface area contributed by atoms with Crippen molar-refractivity contribution >= 4 is 49.9 Å². The highest BCUT2D eigenvalue weighted by atomic mass is 32.1. The van der Waals surface area contributed by atoms with E-state index < -0.39 is 11.9 Å². The normalized spacial score (nSPS) is 15.9. The maximum Gasteiger partial charge on any atom is 0.350 e. The fraction of sp³-hybridized carbons (Fsp3) is 0.560. The Labute approximate surface area is 212 Å². The van der Waals surface area contributed by atoms with Gasteiger partial charge in [0.05, 0.1) is 24.0 Å². The molecule has 3 aromatic rings. The Kier molecular flexibility index (Phi) is 7.15. The van der Waals surface area contributed by atoms with Crippen LogP contribution in [0.15, 0.2) is 11.1 Å². The lowest BCUT2D eigenvalue weighted by atomic mass is 9.72. The highest BCUT2D eigenvalue weighted by Gasteiger charge is 2.31. The van der Waals surface area contributed by atoms with Crippen molar-refractivity contribution in [2.75, 3.05) is 11.9 Å². The summed E-state index contributed by atoms with van der Waals surface area (Å²) in [7, 11) is 0. The first-order chi connectivity index (χ1) is 16.4. The summed E-state index contributed by atoms with van der Waals surface area (Å²) in [4.78, 5) is 49.4. The standard InChI is InChI=1S/C25H32N4O4S2/c1-13(2)11-33-23(32)20-14(3)27-24(35-20)28-18(30)10-29-12-26-21-19(22(29)31)16-8-7-15(25(4,5)6)9-17(16)34-21/h12-13,15H,7-11H2,1-6H3,(H,27,28,30). The second-order valence-corrected chi connectivity index (χ2v) is 12.7. The van der Waals surface area contributed by atoms with Gasteiger partial charge in [0.1, 0.15) is 16.3 Å². The molecule has 0 fully saturated rings. The Bertz CT molecular complexity index is 1330. The van der Waals surface area contributed by atoms with E-state index in [1.54, 1.807) is 18.3 Å². The van der Waals surface area contributed by atoms with E-state index in [0.29, 0.717) is 33.6 Å². The summed E-state index contributed by atoms with van der Waals surface area (Å²) < 4.78 is 6.62. The molecule has 1 amide bonds. The molecule has 0 spiro atoms. The number of hydrogen-bond donors (Lipinski definition) is 1. The number of aromatic nitrogens is 3. The minimum atomic E-state index is -0.448. The van der Waals surface area contributed by atoms with E-state index in [-0.39, 0.29) is 23.4 Å². The van der Waals surface area contributed by atoms with Gasteiger partial charge in [-0.05, 0) is 49.0 Å². The number of aryl methyl sites for hydroxylation is 2. The van der Waals surface area contributed by atoms with E-state index in [1.807, 2.05) is 13.8 Å². The fourth-order valence-electron chi connectivity index (χ4n) is 4.31. The predicted molar refractivity (Wildman–Crippen MR) is 139 cm³/mol. The van der Waals surface area contributed by atoms with Gasteiger partial charge in [-0.3, -0.25) is 14.2 Å². The Morgan fingerprint density at radius 3 is 2.71 bits per heavy atom. The molecule has 0 saturated heterocycles. The average molecular weight is 517 g/mol. The number of fused-ring (bicyclic) bond motifs is 3. The van der Waals surface area contributed by atoms with E-state index in [2.05, 4.69) is 36.1 Å². The van der Waals surface area contributed by atoms with Crippen molar-refractivity contribution in [3.63, 3.8) is 0 Å². The number of hydrogen-bond acceptors (Lipinski definition) is 8. The van der Waals surface area contributed by atoms with E-state index in [9.17, 15) is 14.4 Å². The molecule has 0 aromatic carbocycles. The second-order valence-electron chi connectivity index (χ2n) is 10.6. The first kappa shape index (κ1) is 25.5. The van der Waals surface area contributed by atoms with Gasteiger partial charge in [-0.1, -0.05) is 46.0 Å². The summed E-state index contributed by atoms with van der Waals surface area (Å²) in [6.07, 6.45) is 4.31. The third-order valence-corrected chi connectivity index (χ3v) is 8.57. The lowest BCUT2D eigenvalue weighted by molar-refractivity contribution is -0.116. The van der Waals surface area contributed by atoms with Crippen molar-refractivity contribution in [1.29, 1.82) is 0 Å². The summed E-state index contributed by atoms with van der Waals surface area (Å²) in [6.45, 7) is 12.6. The van der Waals surface area contributed by atoms with Crippen LogP contribution in [-0.4, -0.2) is 33.0 Å². The number of rotatable bonds is 6. The molecular formula is C25H32N4O4S2. The number of amides is 1. The monoisotopic (exact) mass is 516 g/mol. The van der Waals surface area contributed by atoms with Crippen LogP contribution in [0.1, 0.15) is 66.8 Å². The number of esters is 1. The van der Waals surface area contributed by atoms with Crippen LogP contribution >= 0.6 is 22.7 Å². The Hall–Kier alpha value is -2.59. The topological polar surface area (TPSA) is 103 Å². The average Bonchev–Trinajstić information content (AvgIpc) is 3.33. The molecule has 188 valence electrons. The van der Waals surface area contributed by atoms with Gasteiger partial charge in [-0.15, -0.1) is 11.3 Å². The summed E-state index contributed by atoms with van der Waals surface area (Å²) in [5, 5.41) is 3.65. The Morgan fingerprint density at radius 2 is 2.03 bits per heavy atom. The lowest BCUT2D eigenvalue weighted by Crippen LogP contribution is -2.29. The first-order valence-electron chi connectivity index (χ1n) is 11.9. The van der Waals surface area contributed by atoms with Crippen LogP contribution in [0, 0.1) is 24.2 Å². The second kappa shape index (κ2) is 9.81. The largest absolute Gasteiger partial charge is 0.461 e. The summed E-state index contributed by atoms with van der Waals surface area (Å²) in [6, 6.07) is 0. The molecule has 3 heterocycles. The van der Waals surface area contributed by atoms with Crippen LogP contribution in [-0.2, 0) is 28.9 Å². The third-order valence-electron chi connectivity index (χ3n) is 6.35. The molecule has 10 heteroatoms. The molecule has 35 heavy (non-hydrogen) atoms. The zero-order valence-corrected chi connectivity index (χ0v) is 22.7. The maximum absolute atomic E-state index is 13.3. The molecule has 1 aliphatic rings. The number of carbonyl (C=O) groups excluding carboxylic acids is 2. The molecular weight excluding hydrogens is 484 g/mol. The molecule has 0 bridgehead atoms. The quantitative estimate of drug-likeness (QED) is 0.471. The SMILES string of the molecule is Cc1nc(NC(=O)Cn2cnc3sc4c(c3c2=O)CCC(C(C)(C)C)C4)sc1C(=O)OCC(C)C. The van der Waals surface area contributed by atoms with Gasteiger partial charge in [0.25, 0.3) is 5.56 Å². The van der Waals surface area contributed by atoms with Gasteiger partial charge < -0.3 is 10.1 Å². The smallest absolute Gasteiger partial charge is 0.350 e. The molecule has 1 atom stereocenters. The third kappa shape index (κ3) is 5.48. The number of ether oxygens (including phenoxy) is 1. The molecule has 0 saturated carbocycles. The van der Waals surface area contributed by atoms with Gasteiger partial charge >= 0.3 is 5.97 Å². The predicted octanol–water partition coefficient (Wildman–Crippen LogP) is 4.83. The van der Waals surface area contributed by atoms with Crippen molar-refractivity contribution in [2.45, 2.75) is 67.3 Å². The van der Waals surface area contributed by atoms with E-state index in [4.69, 9.17) is 4.74 Å². The number of thiophene rings is 1. The maximum atomic E-state index is 13.3. The van der Waals surface area contributed by atoms with Crippen molar-refractivity contribution in [2.24, 2.45) is 17.3 Å².